The zero-order valence-corrected chi connectivity index (χ0v) is 17.0. The molecular weight excluding hydrogens is 382 g/mol. The van der Waals surface area contributed by atoms with E-state index >= 15 is 0 Å². The van der Waals surface area contributed by atoms with Crippen LogP contribution in [0.15, 0.2) is 60.9 Å². The molecule has 2 aromatic carbocycles. The molecule has 1 aromatic heterocycles. The Kier molecular flexibility index (Phi) is 7.59. The van der Waals surface area contributed by atoms with E-state index in [1.165, 1.54) is 0 Å². The van der Waals surface area contributed by atoms with Crippen LogP contribution >= 0.6 is 0 Å². The van der Waals surface area contributed by atoms with Crippen molar-refractivity contribution in [3.8, 4) is 11.5 Å². The molecule has 30 heavy (non-hydrogen) atoms. The second-order valence-electron chi connectivity index (χ2n) is 7.05. The second-order valence-corrected chi connectivity index (χ2v) is 7.05. The first-order chi connectivity index (χ1) is 14.6. The first-order valence-corrected chi connectivity index (χ1v) is 9.88. The number of nitrogens with one attached hydrogen (secondary N) is 1. The van der Waals surface area contributed by atoms with Gasteiger partial charge in [-0.1, -0.05) is 12.1 Å². The molecule has 3 aromatic rings. The molecule has 1 saturated heterocycles. The molecule has 2 heterocycles. The molecule has 4 N–H and O–H groups in total. The van der Waals surface area contributed by atoms with Crippen LogP contribution in [-0.4, -0.2) is 41.9 Å². The number of benzene rings is 2. The van der Waals surface area contributed by atoms with E-state index in [1.54, 1.807) is 13.3 Å². The molecule has 0 bridgehead atoms. The maximum Gasteiger partial charge on any atom is 0.320 e. The lowest BCUT2D eigenvalue weighted by atomic mass is 10.0. The van der Waals surface area contributed by atoms with Gasteiger partial charge in [-0.3, -0.25) is 9.78 Å². The maximum atomic E-state index is 11.0. The van der Waals surface area contributed by atoms with Crippen molar-refractivity contribution < 1.29 is 19.4 Å². The number of nitrogens with two attached hydrogens (primary N) is 1. The lowest BCUT2D eigenvalue weighted by Crippen LogP contribution is -2.46. The third kappa shape index (κ3) is 5.92. The number of ether oxygens (including phenoxy) is 2. The van der Waals surface area contributed by atoms with Crippen LogP contribution in [0.4, 0.5) is 0 Å². The molecule has 0 unspecified atom stereocenters. The number of rotatable bonds is 5. The lowest BCUT2D eigenvalue weighted by Gasteiger charge is -2.28. The number of pyridine rings is 1. The molecule has 0 saturated carbocycles. The summed E-state index contributed by atoms with van der Waals surface area (Å²) in [6, 6.07) is 15.0. The number of carboxylic acids is 1. The summed E-state index contributed by atoms with van der Waals surface area (Å²) in [5.74, 6) is 0.825. The summed E-state index contributed by atoms with van der Waals surface area (Å²) in [5, 5.41) is 14.1. The molecule has 7 nitrogen and oxygen atoms in total. The molecule has 1 aliphatic rings. The highest BCUT2D eigenvalue weighted by Gasteiger charge is 2.27. The molecule has 2 atom stereocenters. The third-order valence-corrected chi connectivity index (χ3v) is 4.94. The topological polar surface area (TPSA) is 107 Å². The zero-order chi connectivity index (χ0) is 21.3. The number of carboxylic acid groups (broad SMARTS) is 1. The Morgan fingerprint density at radius 2 is 2.07 bits per heavy atom. The van der Waals surface area contributed by atoms with Gasteiger partial charge in [0.15, 0.2) is 0 Å². The van der Waals surface area contributed by atoms with E-state index in [1.807, 2.05) is 54.7 Å². The normalized spacial score (nSPS) is 18.2. The maximum absolute atomic E-state index is 11.0. The summed E-state index contributed by atoms with van der Waals surface area (Å²) in [7, 11) is 1.65. The van der Waals surface area contributed by atoms with Crippen LogP contribution in [0.2, 0.25) is 0 Å². The molecule has 1 fully saturated rings. The van der Waals surface area contributed by atoms with Crippen LogP contribution in [0.1, 0.15) is 18.4 Å². The Morgan fingerprint density at radius 3 is 2.83 bits per heavy atom. The van der Waals surface area contributed by atoms with Crippen molar-refractivity contribution >= 4 is 16.7 Å². The van der Waals surface area contributed by atoms with Gasteiger partial charge in [0, 0.05) is 30.7 Å². The van der Waals surface area contributed by atoms with E-state index in [0.717, 1.165) is 34.3 Å². The van der Waals surface area contributed by atoms with Crippen molar-refractivity contribution in [3.63, 3.8) is 0 Å². The molecule has 1 aliphatic heterocycles. The van der Waals surface area contributed by atoms with E-state index in [9.17, 15) is 4.79 Å². The highest BCUT2D eigenvalue weighted by atomic mass is 16.5. The SMILES string of the molecule is COc1cccc(CN)c1.O=C(O)[C@H]1C[C@H](Oc2ccc3cnccc3c2)CCN1. The minimum absolute atomic E-state index is 0.0587. The van der Waals surface area contributed by atoms with Crippen molar-refractivity contribution in [1.29, 1.82) is 0 Å². The van der Waals surface area contributed by atoms with E-state index in [2.05, 4.69) is 10.3 Å². The smallest absolute Gasteiger partial charge is 0.320 e. The third-order valence-electron chi connectivity index (χ3n) is 4.94. The van der Waals surface area contributed by atoms with Gasteiger partial charge >= 0.3 is 5.97 Å². The lowest BCUT2D eigenvalue weighted by molar-refractivity contribution is -0.140. The van der Waals surface area contributed by atoms with E-state index in [0.29, 0.717) is 19.5 Å². The fraction of sp³-hybridized carbons (Fsp3) is 0.304. The molecule has 7 heteroatoms. The summed E-state index contributed by atoms with van der Waals surface area (Å²) in [6.07, 6.45) is 4.81. The van der Waals surface area contributed by atoms with Gasteiger partial charge in [-0.05, 0) is 60.3 Å². The second kappa shape index (κ2) is 10.6. The van der Waals surface area contributed by atoms with Crippen molar-refractivity contribution in [2.45, 2.75) is 31.5 Å². The van der Waals surface area contributed by atoms with Crippen LogP contribution in [-0.2, 0) is 11.3 Å². The zero-order valence-electron chi connectivity index (χ0n) is 17.0. The number of nitrogens with zero attached hydrogens (tertiary/aromatic N) is 1. The minimum Gasteiger partial charge on any atom is -0.497 e. The summed E-state index contributed by atoms with van der Waals surface area (Å²) in [4.78, 5) is 15.1. The van der Waals surface area contributed by atoms with Gasteiger partial charge in [-0.15, -0.1) is 0 Å². The molecule has 0 aliphatic carbocycles. The Morgan fingerprint density at radius 1 is 1.20 bits per heavy atom. The summed E-state index contributed by atoms with van der Waals surface area (Å²) < 4.78 is 10.9. The Bertz CT molecular complexity index is 960. The number of aliphatic carboxylic acids is 1. The number of carbonyl (C=O) groups is 1. The summed E-state index contributed by atoms with van der Waals surface area (Å²) in [5.41, 5.74) is 6.51. The van der Waals surface area contributed by atoms with Gasteiger partial charge in [0.1, 0.15) is 23.6 Å². The van der Waals surface area contributed by atoms with Crippen LogP contribution in [0.5, 0.6) is 11.5 Å². The molecule has 158 valence electrons. The van der Waals surface area contributed by atoms with Crippen molar-refractivity contribution in [2.24, 2.45) is 5.73 Å². The number of methoxy groups -OCH3 is 1. The van der Waals surface area contributed by atoms with Gasteiger partial charge < -0.3 is 25.6 Å². The molecule has 4 rings (SSSR count). The van der Waals surface area contributed by atoms with Crippen LogP contribution in [0.3, 0.4) is 0 Å². The van der Waals surface area contributed by atoms with Crippen molar-refractivity contribution in [1.82, 2.24) is 10.3 Å². The predicted octanol–water partition coefficient (Wildman–Crippen LogP) is 2.97. The Balaban J connectivity index is 0.000000216. The standard InChI is InChI=1S/C15H16N2O3.C8H11NO/c18-15(19)14-8-13(4-6-17-14)20-12-2-1-11-9-16-5-3-10(11)7-12;1-10-8-4-2-3-7(5-8)6-9/h1-3,5,7,9,13-14,17H,4,6,8H2,(H,18,19);2-5H,6,9H2,1H3/t13-,14-;/m1./s1. The average molecular weight is 409 g/mol. The predicted molar refractivity (Wildman–Crippen MR) is 116 cm³/mol. The van der Waals surface area contributed by atoms with E-state index in [-0.39, 0.29) is 6.10 Å². The van der Waals surface area contributed by atoms with Gasteiger partial charge in [0.05, 0.1) is 7.11 Å². The number of fused-ring (bicyclic) bond motifs is 1. The van der Waals surface area contributed by atoms with Crippen molar-refractivity contribution in [2.75, 3.05) is 13.7 Å². The Hall–Kier alpha value is -3.16. The highest BCUT2D eigenvalue weighted by molar-refractivity contribution is 5.82. The minimum atomic E-state index is -0.817. The fourth-order valence-electron chi connectivity index (χ4n) is 3.30. The number of hydrogen-bond donors (Lipinski definition) is 3. The quantitative estimate of drug-likeness (QED) is 0.595. The van der Waals surface area contributed by atoms with Crippen LogP contribution in [0.25, 0.3) is 10.8 Å². The van der Waals surface area contributed by atoms with Gasteiger partial charge in [0.2, 0.25) is 0 Å². The molecule has 0 radical (unpaired) electrons. The van der Waals surface area contributed by atoms with Crippen LogP contribution < -0.4 is 20.5 Å². The Labute approximate surface area is 175 Å². The molecule has 0 amide bonds. The van der Waals surface area contributed by atoms with Gasteiger partial charge in [-0.25, -0.2) is 0 Å². The van der Waals surface area contributed by atoms with Gasteiger partial charge in [0.25, 0.3) is 0 Å². The monoisotopic (exact) mass is 409 g/mol. The molecule has 0 spiro atoms. The van der Waals surface area contributed by atoms with Crippen LogP contribution in [0, 0.1) is 0 Å². The van der Waals surface area contributed by atoms with Crippen molar-refractivity contribution in [3.05, 3.63) is 66.5 Å². The van der Waals surface area contributed by atoms with E-state index < -0.39 is 12.0 Å². The first-order valence-electron chi connectivity index (χ1n) is 9.88. The first kappa shape index (κ1) is 21.5. The highest BCUT2D eigenvalue weighted by Crippen LogP contribution is 2.23. The summed E-state index contributed by atoms with van der Waals surface area (Å²) >= 11 is 0. The van der Waals surface area contributed by atoms with E-state index in [4.69, 9.17) is 20.3 Å². The number of aromatic nitrogens is 1. The van der Waals surface area contributed by atoms with Gasteiger partial charge in [-0.2, -0.15) is 0 Å². The molecular formula is C23H27N3O4. The largest absolute Gasteiger partial charge is 0.497 e. The summed E-state index contributed by atoms with van der Waals surface area (Å²) in [6.45, 7) is 1.23. The number of hydrogen-bond acceptors (Lipinski definition) is 6. The number of piperidine rings is 1. The average Bonchev–Trinajstić information content (AvgIpc) is 2.79. The fourth-order valence-corrected chi connectivity index (χ4v) is 3.30.